The van der Waals surface area contributed by atoms with Crippen molar-refractivity contribution < 1.29 is 32.6 Å². The summed E-state index contributed by atoms with van der Waals surface area (Å²) in [5, 5.41) is 20.6. The number of hydrogen-bond acceptors (Lipinski definition) is 5. The first kappa shape index (κ1) is 19.4. The summed E-state index contributed by atoms with van der Waals surface area (Å²) < 4.78 is 41.9. The van der Waals surface area contributed by atoms with E-state index < -0.39 is 35.8 Å². The van der Waals surface area contributed by atoms with Crippen molar-refractivity contribution in [3.05, 3.63) is 35.4 Å². The number of ether oxygens (including phenoxy) is 1. The lowest BCUT2D eigenvalue weighted by molar-refractivity contribution is -0.146. The molecule has 0 aliphatic carbocycles. The summed E-state index contributed by atoms with van der Waals surface area (Å²) in [5.41, 5.74) is -0.982. The monoisotopic (exact) mass is 344 g/mol. The number of benzene rings is 1. The molecule has 1 rings (SSSR count). The van der Waals surface area contributed by atoms with Gasteiger partial charge in [0, 0.05) is 6.42 Å². The molecule has 0 unspecified atom stereocenters. The van der Waals surface area contributed by atoms with Crippen molar-refractivity contribution in [1.82, 2.24) is 5.32 Å². The lowest BCUT2D eigenvalue weighted by atomic mass is 10.1. The highest BCUT2D eigenvalue weighted by atomic mass is 19.4. The van der Waals surface area contributed by atoms with Gasteiger partial charge in [0.1, 0.15) is 6.04 Å². The maximum absolute atomic E-state index is 12.5. The molecule has 0 saturated heterocycles. The molecular formula is C15H15F3N2O4. The number of amides is 1. The molecule has 0 bridgehead atoms. The van der Waals surface area contributed by atoms with Gasteiger partial charge in [-0.1, -0.05) is 12.1 Å². The van der Waals surface area contributed by atoms with Crippen LogP contribution in [0.15, 0.2) is 24.3 Å². The van der Waals surface area contributed by atoms with Crippen LogP contribution in [-0.2, 0) is 20.5 Å². The number of nitrogens with zero attached hydrogens (tertiary/aromatic N) is 1. The highest BCUT2D eigenvalue weighted by Gasteiger charge is 2.31. The van der Waals surface area contributed by atoms with Crippen molar-refractivity contribution in [2.45, 2.75) is 31.2 Å². The van der Waals surface area contributed by atoms with E-state index in [0.717, 1.165) is 31.4 Å². The smallest absolute Gasteiger partial charge is 0.416 e. The third-order valence-corrected chi connectivity index (χ3v) is 3.15. The van der Waals surface area contributed by atoms with Gasteiger partial charge in [0.15, 0.2) is 6.10 Å². The topological polar surface area (TPSA) is 99.4 Å². The van der Waals surface area contributed by atoms with Gasteiger partial charge in [-0.05, 0) is 24.1 Å². The summed E-state index contributed by atoms with van der Waals surface area (Å²) in [6.45, 7) is 0. The zero-order valence-electron chi connectivity index (χ0n) is 12.6. The molecule has 2 N–H and O–H groups in total. The van der Waals surface area contributed by atoms with Crippen molar-refractivity contribution in [3.63, 3.8) is 0 Å². The van der Waals surface area contributed by atoms with Crippen LogP contribution in [0, 0.1) is 11.3 Å². The lowest BCUT2D eigenvalue weighted by Crippen LogP contribution is -2.43. The first-order valence-electron chi connectivity index (χ1n) is 6.81. The molecule has 1 aromatic carbocycles. The maximum atomic E-state index is 12.5. The summed E-state index contributed by atoms with van der Waals surface area (Å²) in [5.74, 6) is -1.78. The van der Waals surface area contributed by atoms with Crippen LogP contribution in [0.4, 0.5) is 13.2 Å². The number of aliphatic hydroxyl groups is 1. The summed E-state index contributed by atoms with van der Waals surface area (Å²) in [6, 6.07) is 4.08. The molecule has 0 aromatic heterocycles. The minimum absolute atomic E-state index is 0.0192. The van der Waals surface area contributed by atoms with E-state index in [4.69, 9.17) is 5.26 Å². The second kappa shape index (κ2) is 8.31. The van der Waals surface area contributed by atoms with Crippen LogP contribution in [0.1, 0.15) is 30.1 Å². The van der Waals surface area contributed by atoms with E-state index in [0.29, 0.717) is 0 Å². The molecular weight excluding hydrogens is 329 g/mol. The number of alkyl halides is 3. The number of rotatable bonds is 6. The molecule has 0 saturated carbocycles. The summed E-state index contributed by atoms with van der Waals surface area (Å²) >= 11 is 0. The van der Waals surface area contributed by atoms with Crippen molar-refractivity contribution in [3.8, 4) is 6.07 Å². The van der Waals surface area contributed by atoms with E-state index in [1.54, 1.807) is 6.07 Å². The number of aliphatic hydroxyl groups excluding tert-OH is 1. The molecule has 0 spiro atoms. The van der Waals surface area contributed by atoms with Gasteiger partial charge in [0.2, 0.25) is 0 Å². The SMILES string of the molecule is COC(=O)[C@@H](CCC#N)NC(=O)[C@H](O)c1ccc(C(F)(F)F)cc1. The minimum Gasteiger partial charge on any atom is -0.467 e. The molecule has 0 radical (unpaired) electrons. The fourth-order valence-corrected chi connectivity index (χ4v) is 1.86. The molecule has 1 aromatic rings. The van der Waals surface area contributed by atoms with Crippen LogP contribution in [-0.4, -0.2) is 30.1 Å². The van der Waals surface area contributed by atoms with Crippen LogP contribution in [0.3, 0.4) is 0 Å². The summed E-state index contributed by atoms with van der Waals surface area (Å²) in [4.78, 5) is 23.5. The van der Waals surface area contributed by atoms with Crippen LogP contribution >= 0.6 is 0 Å². The van der Waals surface area contributed by atoms with Gasteiger partial charge in [0.25, 0.3) is 5.91 Å². The molecule has 0 aliphatic heterocycles. The van der Waals surface area contributed by atoms with Gasteiger partial charge in [-0.25, -0.2) is 4.79 Å². The predicted octanol–water partition coefficient (Wildman–Crippen LogP) is 1.70. The van der Waals surface area contributed by atoms with Crippen molar-refractivity contribution in [2.75, 3.05) is 7.11 Å². The Morgan fingerprint density at radius 3 is 2.38 bits per heavy atom. The van der Waals surface area contributed by atoms with Crippen LogP contribution in [0.25, 0.3) is 0 Å². The fraction of sp³-hybridized carbons (Fsp3) is 0.400. The van der Waals surface area contributed by atoms with Gasteiger partial charge in [-0.2, -0.15) is 18.4 Å². The summed E-state index contributed by atoms with van der Waals surface area (Å²) in [7, 11) is 1.10. The fourth-order valence-electron chi connectivity index (χ4n) is 1.86. The van der Waals surface area contributed by atoms with E-state index in [9.17, 15) is 27.9 Å². The first-order valence-corrected chi connectivity index (χ1v) is 6.81. The zero-order chi connectivity index (χ0) is 18.3. The number of halogens is 3. The summed E-state index contributed by atoms with van der Waals surface area (Å²) in [6.07, 6.45) is -6.34. The Hall–Kier alpha value is -2.60. The normalized spacial score (nSPS) is 13.5. The van der Waals surface area contributed by atoms with Gasteiger partial charge < -0.3 is 15.2 Å². The Bertz CT molecular complexity index is 623. The molecule has 6 nitrogen and oxygen atoms in total. The average Bonchev–Trinajstić information content (AvgIpc) is 2.56. The standard InChI is InChI=1S/C15H15F3N2O4/c1-24-14(23)11(3-2-8-19)20-13(22)12(21)9-4-6-10(7-5-9)15(16,17)18/h4-7,11-12,21H,2-3H2,1H3,(H,20,22)/t11-,12-/m1/s1. The molecule has 0 heterocycles. The van der Waals surface area contributed by atoms with E-state index in [1.807, 2.05) is 0 Å². The van der Waals surface area contributed by atoms with Crippen LogP contribution in [0.5, 0.6) is 0 Å². The number of carbonyl (C=O) groups excluding carboxylic acids is 2. The van der Waals surface area contributed by atoms with E-state index in [1.165, 1.54) is 0 Å². The highest BCUT2D eigenvalue weighted by Crippen LogP contribution is 2.29. The minimum atomic E-state index is -4.53. The van der Waals surface area contributed by atoms with Crippen LogP contribution < -0.4 is 5.32 Å². The number of hydrogen-bond donors (Lipinski definition) is 2. The van der Waals surface area contributed by atoms with Gasteiger partial charge in [0.05, 0.1) is 18.7 Å². The quantitative estimate of drug-likeness (QED) is 0.765. The molecule has 9 heteroatoms. The van der Waals surface area contributed by atoms with E-state index >= 15 is 0 Å². The number of nitrogens with one attached hydrogen (secondary N) is 1. The second-order valence-corrected chi connectivity index (χ2v) is 4.80. The van der Waals surface area contributed by atoms with E-state index in [2.05, 4.69) is 10.1 Å². The van der Waals surface area contributed by atoms with E-state index in [-0.39, 0.29) is 18.4 Å². The highest BCUT2D eigenvalue weighted by molar-refractivity contribution is 5.87. The first-order chi connectivity index (χ1) is 11.2. The van der Waals surface area contributed by atoms with Crippen LogP contribution in [0.2, 0.25) is 0 Å². The molecule has 1 amide bonds. The number of carbonyl (C=O) groups is 2. The molecule has 0 fully saturated rings. The van der Waals surface area contributed by atoms with Gasteiger partial charge in [-0.15, -0.1) is 0 Å². The number of methoxy groups -OCH3 is 1. The molecule has 2 atom stereocenters. The molecule has 0 aliphatic rings. The Kier molecular flexibility index (Phi) is 6.73. The average molecular weight is 344 g/mol. The van der Waals surface area contributed by atoms with Gasteiger partial charge in [-0.3, -0.25) is 4.79 Å². The Morgan fingerprint density at radius 2 is 1.92 bits per heavy atom. The Balaban J connectivity index is 2.82. The molecule has 24 heavy (non-hydrogen) atoms. The Labute approximate surface area is 135 Å². The lowest BCUT2D eigenvalue weighted by Gasteiger charge is -2.18. The Morgan fingerprint density at radius 1 is 1.33 bits per heavy atom. The second-order valence-electron chi connectivity index (χ2n) is 4.80. The number of nitriles is 1. The largest absolute Gasteiger partial charge is 0.467 e. The predicted molar refractivity (Wildman–Crippen MR) is 75.2 cm³/mol. The number of esters is 1. The molecule has 130 valence electrons. The third-order valence-electron chi connectivity index (χ3n) is 3.15. The van der Waals surface area contributed by atoms with Crippen molar-refractivity contribution in [2.24, 2.45) is 0 Å². The van der Waals surface area contributed by atoms with Gasteiger partial charge >= 0.3 is 12.1 Å². The van der Waals surface area contributed by atoms with Crippen molar-refractivity contribution in [1.29, 1.82) is 5.26 Å². The zero-order valence-corrected chi connectivity index (χ0v) is 12.6. The maximum Gasteiger partial charge on any atom is 0.416 e. The third kappa shape index (κ3) is 5.24. The van der Waals surface area contributed by atoms with Crippen molar-refractivity contribution >= 4 is 11.9 Å².